The second-order valence-corrected chi connectivity index (χ2v) is 6.53. The predicted molar refractivity (Wildman–Crippen MR) is 82.5 cm³/mol. The van der Waals surface area contributed by atoms with Crippen molar-refractivity contribution in [3.8, 4) is 0 Å². The monoisotopic (exact) mass is 285 g/mol. The van der Waals surface area contributed by atoms with Crippen LogP contribution in [0.25, 0.3) is 5.78 Å². The molecule has 1 saturated carbocycles. The summed E-state index contributed by atoms with van der Waals surface area (Å²) < 4.78 is 1.92. The lowest BCUT2D eigenvalue weighted by atomic mass is 9.85. The van der Waals surface area contributed by atoms with Crippen molar-refractivity contribution >= 4 is 11.6 Å². The second-order valence-electron chi connectivity index (χ2n) is 6.53. The van der Waals surface area contributed by atoms with Gasteiger partial charge < -0.3 is 4.90 Å². The molecule has 4 rings (SSSR count). The molecule has 2 aromatic rings. The van der Waals surface area contributed by atoms with Gasteiger partial charge in [-0.2, -0.15) is 14.6 Å². The molecule has 3 heterocycles. The molecule has 5 heteroatoms. The highest BCUT2D eigenvalue weighted by Crippen LogP contribution is 2.42. The average molecular weight is 285 g/mol. The Labute approximate surface area is 125 Å². The average Bonchev–Trinajstić information content (AvgIpc) is 3.09. The van der Waals surface area contributed by atoms with Crippen molar-refractivity contribution in [3.63, 3.8) is 0 Å². The van der Waals surface area contributed by atoms with Gasteiger partial charge in [0.05, 0.1) is 0 Å². The molecule has 1 saturated heterocycles. The number of aromatic nitrogens is 4. The highest BCUT2D eigenvalue weighted by atomic mass is 15.4. The lowest BCUT2D eigenvalue weighted by molar-refractivity contribution is 0.340. The molecule has 2 aliphatic rings. The molecular weight excluding hydrogens is 262 g/mol. The summed E-state index contributed by atoms with van der Waals surface area (Å²) in [5.41, 5.74) is 1.11. The first-order valence-electron chi connectivity index (χ1n) is 8.26. The van der Waals surface area contributed by atoms with E-state index in [-0.39, 0.29) is 0 Å². The summed E-state index contributed by atoms with van der Waals surface area (Å²) in [6.07, 6.45) is 9.32. The fourth-order valence-corrected chi connectivity index (χ4v) is 4.31. The van der Waals surface area contributed by atoms with Crippen LogP contribution < -0.4 is 4.90 Å². The van der Waals surface area contributed by atoms with Gasteiger partial charge in [-0.3, -0.25) is 0 Å². The standard InChI is InChI=1S/C16H23N5/c1-3-13-9-15(21-16(19-13)17-10-18-21)20-11(2)8-12-6-4-5-7-14(12)20/h9-12,14H,3-8H2,1-2H3. The van der Waals surface area contributed by atoms with Crippen molar-refractivity contribution in [2.75, 3.05) is 4.90 Å². The van der Waals surface area contributed by atoms with Crippen molar-refractivity contribution < 1.29 is 0 Å². The zero-order valence-corrected chi connectivity index (χ0v) is 12.9. The summed E-state index contributed by atoms with van der Waals surface area (Å²) in [6, 6.07) is 3.47. The van der Waals surface area contributed by atoms with E-state index in [9.17, 15) is 0 Å². The third-order valence-corrected chi connectivity index (χ3v) is 5.26. The van der Waals surface area contributed by atoms with Gasteiger partial charge in [0.2, 0.25) is 0 Å². The number of fused-ring (bicyclic) bond motifs is 2. The number of hydrogen-bond acceptors (Lipinski definition) is 4. The van der Waals surface area contributed by atoms with Crippen LogP contribution in [0.3, 0.4) is 0 Å². The summed E-state index contributed by atoms with van der Waals surface area (Å²) in [5.74, 6) is 2.78. The van der Waals surface area contributed by atoms with E-state index in [1.54, 1.807) is 6.33 Å². The summed E-state index contributed by atoms with van der Waals surface area (Å²) in [5, 5.41) is 4.41. The van der Waals surface area contributed by atoms with E-state index in [4.69, 9.17) is 0 Å². The molecule has 2 aromatic heterocycles. The first-order valence-corrected chi connectivity index (χ1v) is 8.26. The fourth-order valence-electron chi connectivity index (χ4n) is 4.31. The summed E-state index contributed by atoms with van der Waals surface area (Å²) >= 11 is 0. The molecule has 3 unspecified atom stereocenters. The molecule has 1 aliphatic carbocycles. The van der Waals surface area contributed by atoms with Crippen LogP contribution in [0.5, 0.6) is 0 Å². The number of hydrogen-bond donors (Lipinski definition) is 0. The quantitative estimate of drug-likeness (QED) is 0.851. The van der Waals surface area contributed by atoms with Gasteiger partial charge in [0.25, 0.3) is 5.78 Å². The van der Waals surface area contributed by atoms with Gasteiger partial charge in [0.1, 0.15) is 12.1 Å². The maximum Gasteiger partial charge on any atom is 0.254 e. The van der Waals surface area contributed by atoms with Crippen LogP contribution in [0.1, 0.15) is 51.6 Å². The van der Waals surface area contributed by atoms with Crippen molar-refractivity contribution in [3.05, 3.63) is 18.1 Å². The molecule has 0 bridgehead atoms. The molecule has 5 nitrogen and oxygen atoms in total. The highest BCUT2D eigenvalue weighted by molar-refractivity contribution is 5.50. The topological polar surface area (TPSA) is 46.3 Å². The third-order valence-electron chi connectivity index (χ3n) is 5.26. The van der Waals surface area contributed by atoms with Crippen molar-refractivity contribution in [1.82, 2.24) is 19.6 Å². The Morgan fingerprint density at radius 1 is 1.29 bits per heavy atom. The van der Waals surface area contributed by atoms with Gasteiger partial charge in [-0.05, 0) is 38.5 Å². The molecule has 0 radical (unpaired) electrons. The smallest absolute Gasteiger partial charge is 0.254 e. The van der Waals surface area contributed by atoms with Gasteiger partial charge in [-0.1, -0.05) is 19.8 Å². The highest BCUT2D eigenvalue weighted by Gasteiger charge is 2.41. The van der Waals surface area contributed by atoms with Gasteiger partial charge in [0.15, 0.2) is 0 Å². The predicted octanol–water partition coefficient (Wildman–Crippen LogP) is 2.84. The first-order chi connectivity index (χ1) is 10.3. The molecule has 3 atom stereocenters. The van der Waals surface area contributed by atoms with E-state index in [2.05, 4.69) is 39.9 Å². The number of anilines is 1. The normalized spacial score (nSPS) is 29.0. The summed E-state index contributed by atoms with van der Waals surface area (Å²) in [6.45, 7) is 4.50. The maximum absolute atomic E-state index is 4.58. The fraction of sp³-hybridized carbons (Fsp3) is 0.688. The van der Waals surface area contributed by atoms with Crippen LogP contribution >= 0.6 is 0 Å². The number of aryl methyl sites for hydroxylation is 1. The van der Waals surface area contributed by atoms with E-state index in [0.717, 1.165) is 23.8 Å². The molecule has 2 fully saturated rings. The largest absolute Gasteiger partial charge is 0.350 e. The molecule has 21 heavy (non-hydrogen) atoms. The minimum absolute atomic E-state index is 0.581. The van der Waals surface area contributed by atoms with Crippen LogP contribution in [0.2, 0.25) is 0 Å². The molecule has 0 aromatic carbocycles. The van der Waals surface area contributed by atoms with Crippen molar-refractivity contribution in [2.24, 2.45) is 5.92 Å². The minimum atomic E-state index is 0.581. The molecular formula is C16H23N5. The summed E-state index contributed by atoms with van der Waals surface area (Å²) in [7, 11) is 0. The zero-order valence-electron chi connectivity index (χ0n) is 12.9. The van der Waals surface area contributed by atoms with Crippen molar-refractivity contribution in [2.45, 2.75) is 64.5 Å². The minimum Gasteiger partial charge on any atom is -0.350 e. The molecule has 112 valence electrons. The van der Waals surface area contributed by atoms with E-state index in [1.807, 2.05) is 4.52 Å². The zero-order chi connectivity index (χ0) is 14.4. The van der Waals surface area contributed by atoms with Crippen LogP contribution in [-0.4, -0.2) is 31.7 Å². The third kappa shape index (κ3) is 2.01. The van der Waals surface area contributed by atoms with Crippen LogP contribution in [-0.2, 0) is 6.42 Å². The van der Waals surface area contributed by atoms with Crippen LogP contribution in [0, 0.1) is 5.92 Å². The summed E-state index contributed by atoms with van der Waals surface area (Å²) in [4.78, 5) is 11.5. The lowest BCUT2D eigenvalue weighted by Gasteiger charge is -2.34. The van der Waals surface area contributed by atoms with Crippen LogP contribution in [0.15, 0.2) is 12.4 Å². The van der Waals surface area contributed by atoms with Gasteiger partial charge in [0, 0.05) is 23.8 Å². The van der Waals surface area contributed by atoms with Crippen molar-refractivity contribution in [1.29, 1.82) is 0 Å². The Kier molecular flexibility index (Phi) is 3.08. The van der Waals surface area contributed by atoms with E-state index in [1.165, 1.54) is 37.9 Å². The maximum atomic E-state index is 4.58. The molecule has 0 amide bonds. The Balaban J connectivity index is 1.82. The molecule has 1 aliphatic heterocycles. The number of nitrogens with zero attached hydrogens (tertiary/aromatic N) is 5. The van der Waals surface area contributed by atoms with Gasteiger partial charge in [-0.25, -0.2) is 4.98 Å². The second kappa shape index (κ2) is 4.97. The molecule has 0 spiro atoms. The lowest BCUT2D eigenvalue weighted by Crippen LogP contribution is -2.39. The Morgan fingerprint density at radius 3 is 3.00 bits per heavy atom. The van der Waals surface area contributed by atoms with E-state index in [0.29, 0.717) is 12.1 Å². The van der Waals surface area contributed by atoms with Gasteiger partial charge >= 0.3 is 0 Å². The van der Waals surface area contributed by atoms with E-state index < -0.39 is 0 Å². The first kappa shape index (κ1) is 13.0. The van der Waals surface area contributed by atoms with Crippen LogP contribution in [0.4, 0.5) is 5.82 Å². The Bertz CT molecular complexity index is 649. The van der Waals surface area contributed by atoms with Gasteiger partial charge in [-0.15, -0.1) is 0 Å². The Morgan fingerprint density at radius 2 is 2.14 bits per heavy atom. The SMILES string of the molecule is CCc1cc(N2C(C)CC3CCCCC32)n2ncnc2n1. The Hall–Kier alpha value is -1.65. The van der Waals surface area contributed by atoms with E-state index >= 15 is 0 Å². The number of rotatable bonds is 2. The molecule has 0 N–H and O–H groups in total.